The van der Waals surface area contributed by atoms with Crippen LogP contribution in [-0.4, -0.2) is 35.3 Å². The average molecular weight is 474 g/mol. The van der Waals surface area contributed by atoms with Crippen molar-refractivity contribution in [3.05, 3.63) is 47.4 Å². The topological polar surface area (TPSA) is 89.5 Å². The van der Waals surface area contributed by atoms with Gasteiger partial charge in [0.15, 0.2) is 6.61 Å². The summed E-state index contributed by atoms with van der Waals surface area (Å²) in [5, 5.41) is 5.34. The van der Waals surface area contributed by atoms with Crippen LogP contribution in [0, 0.1) is 11.2 Å². The van der Waals surface area contributed by atoms with Crippen molar-refractivity contribution in [1.82, 2.24) is 10.3 Å². The largest absolute Gasteiger partial charge is 0.573 e. The van der Waals surface area contributed by atoms with Crippen molar-refractivity contribution in [2.45, 2.75) is 31.2 Å². The Balaban J connectivity index is 1.23. The summed E-state index contributed by atoms with van der Waals surface area (Å²) in [7, 11) is 0. The van der Waals surface area contributed by atoms with Gasteiger partial charge in [-0.1, -0.05) is 11.6 Å². The molecule has 2 aromatic rings. The molecule has 1 aromatic carbocycles. The molecule has 3 saturated carbocycles. The van der Waals surface area contributed by atoms with Crippen LogP contribution in [0.2, 0.25) is 5.02 Å². The van der Waals surface area contributed by atoms with Crippen LogP contribution in [0.3, 0.4) is 0 Å². The molecule has 12 heteroatoms. The quantitative estimate of drug-likeness (QED) is 0.597. The van der Waals surface area contributed by atoms with E-state index in [4.69, 9.17) is 16.3 Å². The number of carbonyl (C=O) groups is 2. The van der Waals surface area contributed by atoms with Crippen molar-refractivity contribution >= 4 is 29.2 Å². The summed E-state index contributed by atoms with van der Waals surface area (Å²) in [5.74, 6) is -1.62. The summed E-state index contributed by atoms with van der Waals surface area (Å²) in [6.45, 7) is -0.321. The van der Waals surface area contributed by atoms with E-state index >= 15 is 0 Å². The summed E-state index contributed by atoms with van der Waals surface area (Å²) in [6.07, 6.45) is -2.71. The van der Waals surface area contributed by atoms with Crippen molar-refractivity contribution in [3.63, 3.8) is 0 Å². The lowest BCUT2D eigenvalue weighted by Crippen LogP contribution is -2.78. The summed E-state index contributed by atoms with van der Waals surface area (Å²) in [5.41, 5.74) is -1.16. The van der Waals surface area contributed by atoms with E-state index in [0.29, 0.717) is 19.3 Å². The van der Waals surface area contributed by atoms with Crippen LogP contribution >= 0.6 is 11.6 Å². The number of pyridine rings is 1. The molecule has 32 heavy (non-hydrogen) atoms. The maximum Gasteiger partial charge on any atom is 0.573 e. The second-order valence-corrected chi connectivity index (χ2v) is 8.29. The molecule has 2 N–H and O–H groups in total. The fraction of sp³-hybridized carbons (Fsp3) is 0.350. The number of ether oxygens (including phenoxy) is 2. The molecule has 3 aliphatic rings. The number of benzene rings is 1. The van der Waals surface area contributed by atoms with Gasteiger partial charge in [-0.25, -0.2) is 9.37 Å². The third kappa shape index (κ3) is 4.57. The highest BCUT2D eigenvalue weighted by Gasteiger charge is 2.72. The van der Waals surface area contributed by atoms with Crippen LogP contribution in [0.5, 0.6) is 11.5 Å². The second kappa shape index (κ2) is 7.80. The Labute approximate surface area is 184 Å². The van der Waals surface area contributed by atoms with E-state index in [0.717, 1.165) is 18.3 Å². The van der Waals surface area contributed by atoms with E-state index in [1.807, 2.05) is 0 Å². The Morgan fingerprint density at radius 3 is 2.41 bits per heavy atom. The monoisotopic (exact) mass is 473 g/mol. The van der Waals surface area contributed by atoms with Crippen molar-refractivity contribution in [3.8, 4) is 11.5 Å². The predicted molar refractivity (Wildman–Crippen MR) is 104 cm³/mol. The number of carbonyl (C=O) groups excluding carboxylic acids is 2. The van der Waals surface area contributed by atoms with Crippen LogP contribution in [-0.2, 0) is 9.59 Å². The van der Waals surface area contributed by atoms with Crippen LogP contribution in [0.15, 0.2) is 36.5 Å². The molecule has 3 fully saturated rings. The number of nitrogens with one attached hydrogen (secondary N) is 2. The summed E-state index contributed by atoms with van der Waals surface area (Å²) in [4.78, 5) is 28.4. The van der Waals surface area contributed by atoms with Gasteiger partial charge in [0, 0.05) is 11.6 Å². The summed E-state index contributed by atoms with van der Waals surface area (Å²) >= 11 is 5.59. The fourth-order valence-electron chi connectivity index (χ4n) is 4.11. The van der Waals surface area contributed by atoms with E-state index in [1.54, 1.807) is 0 Å². The summed E-state index contributed by atoms with van der Waals surface area (Å²) in [6, 6.07) is 6.09. The number of alkyl halides is 3. The second-order valence-electron chi connectivity index (χ2n) is 7.88. The number of nitrogens with zero attached hydrogens (tertiary/aromatic N) is 1. The molecular formula is C20H16ClF4N3O4. The molecule has 7 nitrogen and oxygen atoms in total. The van der Waals surface area contributed by atoms with Crippen LogP contribution in [0.4, 0.5) is 23.4 Å². The normalized spacial score (nSPS) is 23.4. The molecule has 0 atom stereocenters. The minimum atomic E-state index is -4.83. The van der Waals surface area contributed by atoms with Gasteiger partial charge < -0.3 is 20.1 Å². The Bertz CT molecular complexity index is 1040. The molecule has 1 heterocycles. The zero-order valence-electron chi connectivity index (χ0n) is 16.3. The first-order chi connectivity index (χ1) is 15.0. The third-order valence-electron chi connectivity index (χ3n) is 5.39. The van der Waals surface area contributed by atoms with Crippen LogP contribution in [0.1, 0.15) is 19.3 Å². The van der Waals surface area contributed by atoms with Gasteiger partial charge in [0.2, 0.25) is 5.91 Å². The number of aromatic nitrogens is 1. The Hall–Kier alpha value is -3.08. The Kier molecular flexibility index (Phi) is 5.40. The molecular weight excluding hydrogens is 458 g/mol. The van der Waals surface area contributed by atoms with Gasteiger partial charge in [-0.3, -0.25) is 9.59 Å². The lowest BCUT2D eigenvalue weighted by Gasteiger charge is -2.69. The van der Waals surface area contributed by atoms with Gasteiger partial charge in [0.05, 0.1) is 16.6 Å². The van der Waals surface area contributed by atoms with E-state index < -0.39 is 34.8 Å². The van der Waals surface area contributed by atoms with Crippen LogP contribution < -0.4 is 20.1 Å². The van der Waals surface area contributed by atoms with Gasteiger partial charge in [-0.05, 0) is 43.5 Å². The molecule has 0 saturated heterocycles. The van der Waals surface area contributed by atoms with E-state index in [9.17, 15) is 27.2 Å². The standard InChI is InChI=1S/C20H16ClF4N3O4/c21-13-3-1-11(5-14(13)22)31-7-16(29)28-19-8-18(9-19,10-19)17(30)27-15-4-2-12(6-26-15)32-20(23,24)25/h1-6H,7-10H2,(H,28,29)(H,26,27,30). The first kappa shape index (κ1) is 22.1. The number of anilines is 1. The van der Waals surface area contributed by atoms with E-state index in [2.05, 4.69) is 20.4 Å². The minimum absolute atomic E-state index is 0.0555. The molecule has 2 amide bonds. The zero-order valence-corrected chi connectivity index (χ0v) is 17.0. The zero-order chi connectivity index (χ0) is 23.1. The highest BCUT2D eigenvalue weighted by Crippen LogP contribution is 2.67. The maximum atomic E-state index is 13.4. The molecule has 170 valence electrons. The number of hydrogen-bond donors (Lipinski definition) is 2. The number of hydrogen-bond acceptors (Lipinski definition) is 5. The number of amides is 2. The minimum Gasteiger partial charge on any atom is -0.484 e. The van der Waals surface area contributed by atoms with Gasteiger partial charge in [0.1, 0.15) is 23.1 Å². The number of halogens is 5. The van der Waals surface area contributed by atoms with Crippen molar-refractivity contribution in [2.24, 2.45) is 5.41 Å². The van der Waals surface area contributed by atoms with Gasteiger partial charge in [0.25, 0.3) is 5.91 Å². The maximum absolute atomic E-state index is 13.4. The van der Waals surface area contributed by atoms with Gasteiger partial charge in [-0.2, -0.15) is 0 Å². The Morgan fingerprint density at radius 2 is 1.81 bits per heavy atom. The van der Waals surface area contributed by atoms with E-state index in [-0.39, 0.29) is 29.1 Å². The molecule has 0 radical (unpaired) electrons. The first-order valence-corrected chi connectivity index (χ1v) is 9.78. The van der Waals surface area contributed by atoms with Gasteiger partial charge in [-0.15, -0.1) is 13.2 Å². The van der Waals surface area contributed by atoms with E-state index in [1.165, 1.54) is 18.2 Å². The molecule has 0 spiro atoms. The molecule has 0 unspecified atom stereocenters. The molecule has 0 aliphatic heterocycles. The Morgan fingerprint density at radius 1 is 1.12 bits per heavy atom. The molecule has 2 bridgehead atoms. The lowest BCUT2D eigenvalue weighted by atomic mass is 9.39. The van der Waals surface area contributed by atoms with Crippen molar-refractivity contribution < 1.29 is 36.6 Å². The highest BCUT2D eigenvalue weighted by atomic mass is 35.5. The molecule has 5 rings (SSSR count). The predicted octanol–water partition coefficient (Wildman–Crippen LogP) is 3.83. The average Bonchev–Trinajstić information content (AvgIpc) is 2.64. The highest BCUT2D eigenvalue weighted by molar-refractivity contribution is 6.30. The molecule has 3 aliphatic carbocycles. The van der Waals surface area contributed by atoms with Crippen molar-refractivity contribution in [1.29, 1.82) is 0 Å². The van der Waals surface area contributed by atoms with Crippen LogP contribution in [0.25, 0.3) is 0 Å². The smallest absolute Gasteiger partial charge is 0.484 e. The SMILES string of the molecule is O=C(COc1ccc(Cl)c(F)c1)NC12CC(C(=O)Nc3ccc(OC(F)(F)F)cn3)(C1)C2. The van der Waals surface area contributed by atoms with Gasteiger partial charge >= 0.3 is 6.36 Å². The fourth-order valence-corrected chi connectivity index (χ4v) is 4.22. The number of rotatable bonds is 7. The molecule has 1 aromatic heterocycles. The third-order valence-corrected chi connectivity index (χ3v) is 5.70. The van der Waals surface area contributed by atoms with Crippen molar-refractivity contribution in [2.75, 3.05) is 11.9 Å². The summed E-state index contributed by atoms with van der Waals surface area (Å²) < 4.78 is 58.9. The lowest BCUT2D eigenvalue weighted by molar-refractivity contribution is -0.274. The first-order valence-electron chi connectivity index (χ1n) is 9.40.